The van der Waals surface area contributed by atoms with Crippen molar-refractivity contribution in [2.75, 3.05) is 0 Å². The number of hydrogen-bond acceptors (Lipinski definition) is 2. The van der Waals surface area contributed by atoms with Gasteiger partial charge in [0.15, 0.2) is 11.5 Å². The van der Waals surface area contributed by atoms with Crippen LogP contribution in [0.3, 0.4) is 0 Å². The van der Waals surface area contributed by atoms with Crippen LogP contribution in [0.1, 0.15) is 22.3 Å². The summed E-state index contributed by atoms with van der Waals surface area (Å²) in [5.74, 6) is 0.0196. The molecule has 1 aromatic carbocycles. The van der Waals surface area contributed by atoms with Gasteiger partial charge in [0.05, 0.1) is 0 Å². The van der Waals surface area contributed by atoms with Gasteiger partial charge in [-0.1, -0.05) is 0 Å². The van der Waals surface area contributed by atoms with Crippen molar-refractivity contribution in [3.63, 3.8) is 0 Å². The van der Waals surface area contributed by atoms with Gasteiger partial charge in [-0.2, -0.15) is 0 Å². The van der Waals surface area contributed by atoms with E-state index in [1.807, 2.05) is 13.8 Å². The van der Waals surface area contributed by atoms with Crippen molar-refractivity contribution < 1.29 is 42.9 Å². The van der Waals surface area contributed by atoms with Crippen molar-refractivity contribution in [2.45, 2.75) is 27.7 Å². The Morgan fingerprint density at radius 2 is 0.846 bits per heavy atom. The van der Waals surface area contributed by atoms with E-state index in [1.165, 1.54) is 0 Å². The minimum absolute atomic E-state index is 0. The molecule has 0 unspecified atom stereocenters. The molecule has 1 radical (unpaired) electrons. The third-order valence-electron chi connectivity index (χ3n) is 2.62. The summed E-state index contributed by atoms with van der Waals surface area (Å²) >= 11 is 0. The smallest absolute Gasteiger partial charge is 0.160 e. The summed E-state index contributed by atoms with van der Waals surface area (Å²) < 4.78 is 0. The number of rotatable bonds is 0. The molecule has 0 bridgehead atoms. The SMILES string of the molecule is Cc1c(C)c(C)c(O)c(O)c1C.[Y]. The molecule has 1 rings (SSSR count). The van der Waals surface area contributed by atoms with E-state index in [0.717, 1.165) is 22.3 Å². The quantitative estimate of drug-likeness (QED) is 0.698. The molecule has 0 atom stereocenters. The maximum Gasteiger partial charge on any atom is 0.160 e. The van der Waals surface area contributed by atoms with E-state index >= 15 is 0 Å². The minimum atomic E-state index is 0. The van der Waals surface area contributed by atoms with Gasteiger partial charge in [0.25, 0.3) is 0 Å². The summed E-state index contributed by atoms with van der Waals surface area (Å²) in [4.78, 5) is 0. The van der Waals surface area contributed by atoms with Gasteiger partial charge in [-0.05, 0) is 49.9 Å². The number of hydrogen-bond donors (Lipinski definition) is 2. The third kappa shape index (κ3) is 2.05. The molecule has 0 aliphatic carbocycles. The van der Waals surface area contributed by atoms with Gasteiger partial charge in [0.1, 0.15) is 0 Å². The molecule has 0 heterocycles. The largest absolute Gasteiger partial charge is 0.504 e. The van der Waals surface area contributed by atoms with Crippen molar-refractivity contribution >= 4 is 0 Å². The Hall–Kier alpha value is -0.0761. The van der Waals surface area contributed by atoms with Gasteiger partial charge in [-0.25, -0.2) is 0 Å². The molecule has 0 fully saturated rings. The maximum atomic E-state index is 9.44. The molecule has 0 spiro atoms. The van der Waals surface area contributed by atoms with E-state index in [4.69, 9.17) is 0 Å². The predicted octanol–water partition coefficient (Wildman–Crippen LogP) is 2.33. The molecule has 0 saturated heterocycles. The standard InChI is InChI=1S/C10H14O2.Y/c1-5-6(2)8(4)10(12)9(11)7(5)3;/h11-12H,1-4H3;. The second-order valence-corrected chi connectivity index (χ2v) is 3.20. The molecular formula is C10H14O2Y. The first kappa shape index (κ1) is 12.9. The van der Waals surface area contributed by atoms with Crippen LogP contribution in [0, 0.1) is 27.7 Å². The topological polar surface area (TPSA) is 40.5 Å². The third-order valence-corrected chi connectivity index (χ3v) is 2.62. The average Bonchev–Trinajstić information content (AvgIpc) is 2.08. The van der Waals surface area contributed by atoms with Crippen molar-refractivity contribution in [2.24, 2.45) is 0 Å². The zero-order chi connectivity index (χ0) is 9.46. The van der Waals surface area contributed by atoms with Crippen LogP contribution in [-0.2, 0) is 32.7 Å². The molecule has 1 aromatic rings. The van der Waals surface area contributed by atoms with Crippen LogP contribution in [0.25, 0.3) is 0 Å². The molecule has 0 saturated carbocycles. The van der Waals surface area contributed by atoms with E-state index in [9.17, 15) is 10.2 Å². The van der Waals surface area contributed by atoms with Crippen LogP contribution in [-0.4, -0.2) is 10.2 Å². The number of phenolic OH excluding ortho intramolecular Hbond substituents is 2. The van der Waals surface area contributed by atoms with Crippen molar-refractivity contribution in [1.82, 2.24) is 0 Å². The Labute approximate surface area is 104 Å². The Morgan fingerprint density at radius 3 is 1.08 bits per heavy atom. The van der Waals surface area contributed by atoms with Crippen molar-refractivity contribution in [3.8, 4) is 11.5 Å². The molecule has 0 aliphatic heterocycles. The van der Waals surface area contributed by atoms with E-state index < -0.39 is 0 Å². The summed E-state index contributed by atoms with van der Waals surface area (Å²) in [7, 11) is 0. The van der Waals surface area contributed by atoms with Crippen molar-refractivity contribution in [1.29, 1.82) is 0 Å². The summed E-state index contributed by atoms with van der Waals surface area (Å²) in [5, 5.41) is 18.9. The zero-order valence-electron chi connectivity index (χ0n) is 8.47. The molecule has 3 heteroatoms. The molecule has 2 nitrogen and oxygen atoms in total. The first-order valence-electron chi connectivity index (χ1n) is 3.95. The Kier molecular flexibility index (Phi) is 4.40. The zero-order valence-corrected chi connectivity index (χ0v) is 11.3. The predicted molar refractivity (Wildman–Crippen MR) is 48.7 cm³/mol. The first-order chi connectivity index (χ1) is 5.46. The Balaban J connectivity index is 0.00000144. The first-order valence-corrected chi connectivity index (χ1v) is 3.95. The maximum absolute atomic E-state index is 9.44. The van der Waals surface area contributed by atoms with Crippen LogP contribution >= 0.6 is 0 Å². The van der Waals surface area contributed by atoms with Gasteiger partial charge in [0, 0.05) is 32.7 Å². The summed E-state index contributed by atoms with van der Waals surface area (Å²) in [6.45, 7) is 7.49. The molecule has 2 N–H and O–H groups in total. The Morgan fingerprint density at radius 1 is 0.615 bits per heavy atom. The van der Waals surface area contributed by atoms with Gasteiger partial charge in [0.2, 0.25) is 0 Å². The van der Waals surface area contributed by atoms with Crippen LogP contribution in [0.15, 0.2) is 0 Å². The fourth-order valence-electron chi connectivity index (χ4n) is 1.27. The summed E-state index contributed by atoms with van der Waals surface area (Å²) in [5.41, 5.74) is 3.61. The Bertz CT molecular complexity index is 227. The van der Waals surface area contributed by atoms with E-state index in [2.05, 4.69) is 0 Å². The average molecular weight is 255 g/mol. The molecule has 0 amide bonds. The van der Waals surface area contributed by atoms with E-state index in [1.54, 1.807) is 13.8 Å². The van der Waals surface area contributed by atoms with Gasteiger partial charge < -0.3 is 10.2 Å². The molecule has 0 aromatic heterocycles. The van der Waals surface area contributed by atoms with Gasteiger partial charge in [-0.3, -0.25) is 0 Å². The van der Waals surface area contributed by atoms with Gasteiger partial charge >= 0.3 is 0 Å². The number of aromatic hydroxyl groups is 2. The van der Waals surface area contributed by atoms with Crippen LogP contribution in [0.2, 0.25) is 0 Å². The van der Waals surface area contributed by atoms with E-state index in [-0.39, 0.29) is 44.2 Å². The molecular weight excluding hydrogens is 241 g/mol. The van der Waals surface area contributed by atoms with Crippen LogP contribution in [0.4, 0.5) is 0 Å². The monoisotopic (exact) mass is 255 g/mol. The summed E-state index contributed by atoms with van der Waals surface area (Å²) in [6.07, 6.45) is 0. The van der Waals surface area contributed by atoms with Crippen molar-refractivity contribution in [3.05, 3.63) is 22.3 Å². The fourth-order valence-corrected chi connectivity index (χ4v) is 1.27. The second-order valence-electron chi connectivity index (χ2n) is 3.20. The molecule has 13 heavy (non-hydrogen) atoms. The van der Waals surface area contributed by atoms with Crippen LogP contribution in [0.5, 0.6) is 11.5 Å². The van der Waals surface area contributed by atoms with Gasteiger partial charge in [-0.15, -0.1) is 0 Å². The minimum Gasteiger partial charge on any atom is -0.504 e. The normalized spacial score (nSPS) is 9.54. The number of phenols is 2. The fraction of sp³-hybridized carbons (Fsp3) is 0.400. The molecule has 69 valence electrons. The summed E-state index contributed by atoms with van der Waals surface area (Å²) in [6, 6.07) is 0. The molecule has 0 aliphatic rings. The second kappa shape index (κ2) is 4.43. The van der Waals surface area contributed by atoms with E-state index in [0.29, 0.717) is 0 Å². The van der Waals surface area contributed by atoms with Crippen LogP contribution < -0.4 is 0 Å². The number of benzene rings is 1.